The number of nitro benzene ring substituents is 1. The van der Waals surface area contributed by atoms with Gasteiger partial charge in [0.15, 0.2) is 0 Å². The Morgan fingerprint density at radius 2 is 2.06 bits per heavy atom. The molecule has 6 heteroatoms. The van der Waals surface area contributed by atoms with Gasteiger partial charge in [0.25, 0.3) is 5.69 Å². The summed E-state index contributed by atoms with van der Waals surface area (Å²) >= 11 is 0. The van der Waals surface area contributed by atoms with Crippen LogP contribution in [0.4, 0.5) is 5.69 Å². The van der Waals surface area contributed by atoms with Crippen LogP contribution in [0.2, 0.25) is 0 Å². The second-order valence-electron chi connectivity index (χ2n) is 3.84. The number of hydrogen-bond acceptors (Lipinski definition) is 5. The molecule has 1 aromatic rings. The molecule has 0 heterocycles. The zero-order chi connectivity index (χ0) is 13.0. The molecule has 0 bridgehead atoms. The molecular formula is C11H15NO5. The van der Waals surface area contributed by atoms with Gasteiger partial charge in [0, 0.05) is 12.7 Å². The summed E-state index contributed by atoms with van der Waals surface area (Å²) in [5.74, 6) is 0. The normalized spacial score (nSPS) is 14.4. The van der Waals surface area contributed by atoms with Gasteiger partial charge < -0.3 is 15.3 Å². The summed E-state index contributed by atoms with van der Waals surface area (Å²) in [5, 5.41) is 38.8. The molecule has 6 nitrogen and oxygen atoms in total. The molecule has 0 amide bonds. The van der Waals surface area contributed by atoms with Gasteiger partial charge >= 0.3 is 0 Å². The van der Waals surface area contributed by atoms with Crippen LogP contribution in [0.5, 0.6) is 0 Å². The molecule has 94 valence electrons. The number of hydrogen-bond donors (Lipinski definition) is 3. The fraction of sp³-hybridized carbons (Fsp3) is 0.455. The van der Waals surface area contributed by atoms with E-state index in [1.54, 1.807) is 13.0 Å². The van der Waals surface area contributed by atoms with Crippen molar-refractivity contribution in [3.63, 3.8) is 0 Å². The van der Waals surface area contributed by atoms with E-state index in [1.807, 2.05) is 0 Å². The Bertz CT molecular complexity index is 407. The number of aliphatic hydroxyl groups excluding tert-OH is 3. The Labute approximate surface area is 98.3 Å². The predicted molar refractivity (Wildman–Crippen MR) is 60.5 cm³/mol. The van der Waals surface area contributed by atoms with Crippen molar-refractivity contribution < 1.29 is 20.2 Å². The fourth-order valence-corrected chi connectivity index (χ4v) is 1.57. The minimum Gasteiger partial charge on any atom is -0.396 e. The van der Waals surface area contributed by atoms with Crippen LogP contribution < -0.4 is 0 Å². The summed E-state index contributed by atoms with van der Waals surface area (Å²) in [5.41, 5.74) is 0.580. The van der Waals surface area contributed by atoms with Gasteiger partial charge in [0.05, 0.1) is 16.6 Å². The first-order valence-corrected chi connectivity index (χ1v) is 5.19. The summed E-state index contributed by atoms with van der Waals surface area (Å²) in [6.45, 7) is 1.44. The number of benzene rings is 1. The average molecular weight is 241 g/mol. The minimum absolute atomic E-state index is 0.0355. The molecule has 2 atom stereocenters. The van der Waals surface area contributed by atoms with Crippen molar-refractivity contribution in [2.24, 2.45) is 0 Å². The van der Waals surface area contributed by atoms with Gasteiger partial charge in [-0.05, 0) is 19.4 Å². The van der Waals surface area contributed by atoms with Crippen molar-refractivity contribution in [3.8, 4) is 0 Å². The van der Waals surface area contributed by atoms with Gasteiger partial charge in [-0.25, -0.2) is 0 Å². The Balaban J connectivity index is 3.10. The molecule has 17 heavy (non-hydrogen) atoms. The van der Waals surface area contributed by atoms with Crippen LogP contribution in [0.3, 0.4) is 0 Å². The first-order chi connectivity index (χ1) is 7.97. The lowest BCUT2D eigenvalue weighted by Crippen LogP contribution is -2.20. The third kappa shape index (κ3) is 3.23. The monoisotopic (exact) mass is 241 g/mol. The van der Waals surface area contributed by atoms with Gasteiger partial charge in [-0.2, -0.15) is 0 Å². The average Bonchev–Trinajstić information content (AvgIpc) is 2.27. The zero-order valence-corrected chi connectivity index (χ0v) is 9.41. The van der Waals surface area contributed by atoms with Crippen molar-refractivity contribution in [3.05, 3.63) is 39.4 Å². The van der Waals surface area contributed by atoms with Crippen molar-refractivity contribution >= 4 is 5.69 Å². The molecule has 0 spiro atoms. The third-order valence-electron chi connectivity index (χ3n) is 2.49. The van der Waals surface area contributed by atoms with Gasteiger partial charge in [0.2, 0.25) is 0 Å². The van der Waals surface area contributed by atoms with Gasteiger partial charge in [-0.1, -0.05) is 11.6 Å². The summed E-state index contributed by atoms with van der Waals surface area (Å²) in [6.07, 6.45) is -2.63. The summed E-state index contributed by atoms with van der Waals surface area (Å²) in [7, 11) is 0. The van der Waals surface area contributed by atoms with E-state index in [-0.39, 0.29) is 24.3 Å². The standard InChI is InChI=1S/C11H15NO5/c1-7-2-3-9(12(16)17)8(6-7)11(15)10(14)4-5-13/h2-3,6,10-11,13-15H,4-5H2,1H3. The molecule has 0 radical (unpaired) electrons. The first-order valence-electron chi connectivity index (χ1n) is 5.19. The second-order valence-corrected chi connectivity index (χ2v) is 3.84. The van der Waals surface area contributed by atoms with E-state index >= 15 is 0 Å². The van der Waals surface area contributed by atoms with E-state index in [1.165, 1.54) is 12.1 Å². The number of aryl methyl sites for hydroxylation is 1. The number of aliphatic hydroxyl groups is 3. The highest BCUT2D eigenvalue weighted by Crippen LogP contribution is 2.29. The molecule has 0 saturated heterocycles. The minimum atomic E-state index is -1.37. The Morgan fingerprint density at radius 1 is 1.41 bits per heavy atom. The Hall–Kier alpha value is -1.50. The fourth-order valence-electron chi connectivity index (χ4n) is 1.57. The molecule has 3 N–H and O–H groups in total. The van der Waals surface area contributed by atoms with Crippen LogP contribution in [0.25, 0.3) is 0 Å². The molecule has 0 saturated carbocycles. The zero-order valence-electron chi connectivity index (χ0n) is 9.41. The molecule has 1 aromatic carbocycles. The third-order valence-corrected chi connectivity index (χ3v) is 2.49. The van der Waals surface area contributed by atoms with Crippen molar-refractivity contribution in [2.45, 2.75) is 25.6 Å². The van der Waals surface area contributed by atoms with Crippen LogP contribution in [0.15, 0.2) is 18.2 Å². The summed E-state index contributed by atoms with van der Waals surface area (Å²) < 4.78 is 0. The molecular weight excluding hydrogens is 226 g/mol. The van der Waals surface area contributed by atoms with Gasteiger partial charge in [-0.3, -0.25) is 10.1 Å². The highest BCUT2D eigenvalue weighted by Gasteiger charge is 2.25. The van der Waals surface area contributed by atoms with Gasteiger partial charge in [0.1, 0.15) is 6.10 Å². The van der Waals surface area contributed by atoms with Crippen LogP contribution in [0, 0.1) is 17.0 Å². The number of nitrogens with zero attached hydrogens (tertiary/aromatic N) is 1. The molecule has 0 fully saturated rings. The highest BCUT2D eigenvalue weighted by atomic mass is 16.6. The van der Waals surface area contributed by atoms with Crippen molar-refractivity contribution in [2.75, 3.05) is 6.61 Å². The van der Waals surface area contributed by atoms with Gasteiger partial charge in [-0.15, -0.1) is 0 Å². The highest BCUT2D eigenvalue weighted by molar-refractivity contribution is 5.44. The molecule has 0 aliphatic carbocycles. The van der Waals surface area contributed by atoms with Crippen molar-refractivity contribution in [1.29, 1.82) is 0 Å². The van der Waals surface area contributed by atoms with E-state index in [0.717, 1.165) is 5.56 Å². The lowest BCUT2D eigenvalue weighted by molar-refractivity contribution is -0.386. The van der Waals surface area contributed by atoms with Crippen LogP contribution in [-0.4, -0.2) is 33.0 Å². The maximum absolute atomic E-state index is 10.8. The summed E-state index contributed by atoms with van der Waals surface area (Å²) in [4.78, 5) is 10.2. The van der Waals surface area contributed by atoms with Crippen molar-refractivity contribution in [1.82, 2.24) is 0 Å². The summed E-state index contributed by atoms with van der Waals surface area (Å²) in [6, 6.07) is 4.32. The Morgan fingerprint density at radius 3 is 2.59 bits per heavy atom. The van der Waals surface area contributed by atoms with Crippen LogP contribution >= 0.6 is 0 Å². The van der Waals surface area contributed by atoms with E-state index in [9.17, 15) is 20.3 Å². The molecule has 0 aromatic heterocycles. The maximum Gasteiger partial charge on any atom is 0.275 e. The maximum atomic E-state index is 10.8. The van der Waals surface area contributed by atoms with Crippen LogP contribution in [0.1, 0.15) is 23.7 Å². The SMILES string of the molecule is Cc1ccc([N+](=O)[O-])c(C(O)C(O)CCO)c1. The molecule has 0 aliphatic heterocycles. The predicted octanol–water partition coefficient (Wildman–Crippen LogP) is 0.680. The van der Waals surface area contributed by atoms with E-state index < -0.39 is 17.1 Å². The van der Waals surface area contributed by atoms with Crippen LogP contribution in [-0.2, 0) is 0 Å². The van der Waals surface area contributed by atoms with E-state index in [4.69, 9.17) is 5.11 Å². The largest absolute Gasteiger partial charge is 0.396 e. The Kier molecular flexibility index (Phi) is 4.56. The molecule has 0 aliphatic rings. The first kappa shape index (κ1) is 13.6. The lowest BCUT2D eigenvalue weighted by Gasteiger charge is -2.17. The second kappa shape index (κ2) is 5.72. The quantitative estimate of drug-likeness (QED) is 0.519. The topological polar surface area (TPSA) is 104 Å². The number of rotatable bonds is 5. The number of nitro groups is 1. The molecule has 1 rings (SSSR count). The molecule has 2 unspecified atom stereocenters. The van der Waals surface area contributed by atoms with E-state index in [0.29, 0.717) is 0 Å². The van der Waals surface area contributed by atoms with E-state index in [2.05, 4.69) is 0 Å². The smallest absolute Gasteiger partial charge is 0.275 e. The lowest BCUT2D eigenvalue weighted by atomic mass is 9.99.